The zero-order chi connectivity index (χ0) is 11.5. The van der Waals surface area contributed by atoms with Crippen LogP contribution in [0.4, 0.5) is 0 Å². The van der Waals surface area contributed by atoms with Gasteiger partial charge in [0.05, 0.1) is 16.1 Å². The van der Waals surface area contributed by atoms with E-state index in [4.69, 9.17) is 11.6 Å². The molecular formula is C11H9ClN2OS. The van der Waals surface area contributed by atoms with Gasteiger partial charge in [-0.15, -0.1) is 0 Å². The van der Waals surface area contributed by atoms with Crippen LogP contribution in [0.2, 0.25) is 5.02 Å². The van der Waals surface area contributed by atoms with Gasteiger partial charge < -0.3 is 0 Å². The summed E-state index contributed by atoms with van der Waals surface area (Å²) in [5.41, 5.74) is 0.511. The summed E-state index contributed by atoms with van der Waals surface area (Å²) in [6.07, 6.45) is 4.46. The summed E-state index contributed by atoms with van der Waals surface area (Å²) in [6.45, 7) is 0. The average Bonchev–Trinajstić information content (AvgIpc) is 2.64. The van der Waals surface area contributed by atoms with E-state index in [9.17, 15) is 4.79 Å². The number of aldehydes is 1. The highest BCUT2D eigenvalue weighted by molar-refractivity contribution is 7.99. The van der Waals surface area contributed by atoms with Crippen LogP contribution < -0.4 is 0 Å². The first kappa shape index (κ1) is 11.2. The lowest BCUT2D eigenvalue weighted by Gasteiger charge is -2.00. The Bertz CT molecular complexity index is 524. The normalized spacial score (nSPS) is 10.4. The molecule has 1 aromatic heterocycles. The van der Waals surface area contributed by atoms with E-state index in [0.29, 0.717) is 10.6 Å². The Labute approximate surface area is 102 Å². The van der Waals surface area contributed by atoms with Crippen LogP contribution in [0.25, 0.3) is 0 Å². The lowest BCUT2D eigenvalue weighted by molar-refractivity contribution is 0.112. The van der Waals surface area contributed by atoms with Gasteiger partial charge in [-0.1, -0.05) is 23.4 Å². The third-order valence-corrected chi connectivity index (χ3v) is 3.28. The zero-order valence-electron chi connectivity index (χ0n) is 8.55. The Balaban J connectivity index is 2.22. The third kappa shape index (κ3) is 2.46. The molecule has 0 amide bonds. The van der Waals surface area contributed by atoms with Crippen LogP contribution in [0.3, 0.4) is 0 Å². The fourth-order valence-electron chi connectivity index (χ4n) is 1.25. The molecule has 16 heavy (non-hydrogen) atoms. The van der Waals surface area contributed by atoms with Gasteiger partial charge in [0.25, 0.3) is 0 Å². The summed E-state index contributed by atoms with van der Waals surface area (Å²) in [4.78, 5) is 12.6. The van der Waals surface area contributed by atoms with Crippen molar-refractivity contribution in [3.05, 3.63) is 41.2 Å². The van der Waals surface area contributed by atoms with Crippen molar-refractivity contribution < 1.29 is 4.79 Å². The number of hydrogen-bond acceptors (Lipinski definition) is 3. The molecular weight excluding hydrogens is 244 g/mol. The first-order valence-corrected chi connectivity index (χ1v) is 5.80. The minimum absolute atomic E-state index is 0.476. The van der Waals surface area contributed by atoms with Crippen molar-refractivity contribution in [3.63, 3.8) is 0 Å². The number of aryl methyl sites for hydroxylation is 1. The number of aromatic nitrogens is 2. The smallest absolute Gasteiger partial charge is 0.151 e. The summed E-state index contributed by atoms with van der Waals surface area (Å²) >= 11 is 7.49. The molecule has 0 radical (unpaired) electrons. The molecule has 82 valence electrons. The minimum Gasteiger partial charge on any atom is -0.298 e. The molecule has 0 spiro atoms. The summed E-state index contributed by atoms with van der Waals surface area (Å²) < 4.78 is 1.74. The van der Waals surface area contributed by atoms with Gasteiger partial charge in [-0.05, 0) is 18.2 Å². The Morgan fingerprint density at radius 2 is 2.25 bits per heavy atom. The second-order valence-corrected chi connectivity index (χ2v) is 4.81. The van der Waals surface area contributed by atoms with Gasteiger partial charge in [-0.2, -0.15) is 5.10 Å². The number of halogens is 1. The van der Waals surface area contributed by atoms with Crippen LogP contribution in [0, 0.1) is 0 Å². The predicted octanol–water partition coefficient (Wildman–Crippen LogP) is 3.04. The van der Waals surface area contributed by atoms with Crippen molar-refractivity contribution in [2.24, 2.45) is 7.05 Å². The van der Waals surface area contributed by atoms with E-state index in [1.54, 1.807) is 34.8 Å². The number of hydrogen-bond donors (Lipinski definition) is 0. The number of rotatable bonds is 3. The topological polar surface area (TPSA) is 34.9 Å². The third-order valence-electron chi connectivity index (χ3n) is 2.02. The van der Waals surface area contributed by atoms with Crippen LogP contribution in [-0.4, -0.2) is 16.1 Å². The summed E-state index contributed by atoms with van der Waals surface area (Å²) in [5.74, 6) is 0. The summed E-state index contributed by atoms with van der Waals surface area (Å²) in [5, 5.41) is 4.55. The number of benzene rings is 1. The molecule has 1 aromatic carbocycles. The van der Waals surface area contributed by atoms with Crippen LogP contribution in [0.15, 0.2) is 40.4 Å². The Morgan fingerprint density at radius 1 is 1.44 bits per heavy atom. The first-order valence-electron chi connectivity index (χ1n) is 4.60. The van der Waals surface area contributed by atoms with Gasteiger partial charge in [0.2, 0.25) is 0 Å². The number of carbonyl (C=O) groups is 1. The highest BCUT2D eigenvalue weighted by Gasteiger charge is 2.03. The lowest BCUT2D eigenvalue weighted by Crippen LogP contribution is -1.84. The van der Waals surface area contributed by atoms with Crippen molar-refractivity contribution in [1.29, 1.82) is 0 Å². The average molecular weight is 253 g/mol. The molecule has 0 saturated heterocycles. The Kier molecular flexibility index (Phi) is 3.31. The van der Waals surface area contributed by atoms with E-state index >= 15 is 0 Å². The second-order valence-electron chi connectivity index (χ2n) is 3.25. The van der Waals surface area contributed by atoms with E-state index in [1.807, 2.05) is 19.3 Å². The Morgan fingerprint density at radius 3 is 2.81 bits per heavy atom. The van der Waals surface area contributed by atoms with Crippen molar-refractivity contribution in [2.75, 3.05) is 0 Å². The van der Waals surface area contributed by atoms with Crippen LogP contribution in [0.5, 0.6) is 0 Å². The monoisotopic (exact) mass is 252 g/mol. The highest BCUT2D eigenvalue weighted by Crippen LogP contribution is 2.29. The van der Waals surface area contributed by atoms with Crippen molar-refractivity contribution in [2.45, 2.75) is 9.79 Å². The minimum atomic E-state index is 0.476. The van der Waals surface area contributed by atoms with Crippen molar-refractivity contribution in [1.82, 2.24) is 9.78 Å². The molecule has 0 atom stereocenters. The molecule has 2 aromatic rings. The molecule has 0 fully saturated rings. The number of nitrogens with zero attached hydrogens (tertiary/aromatic N) is 2. The van der Waals surface area contributed by atoms with Gasteiger partial charge in [-0.25, -0.2) is 0 Å². The molecule has 0 saturated carbocycles. The Hall–Kier alpha value is -1.26. The van der Waals surface area contributed by atoms with E-state index < -0.39 is 0 Å². The van der Waals surface area contributed by atoms with Crippen LogP contribution >= 0.6 is 23.4 Å². The maximum Gasteiger partial charge on any atom is 0.151 e. The van der Waals surface area contributed by atoms with Crippen molar-refractivity contribution >= 4 is 29.6 Å². The molecule has 3 nitrogen and oxygen atoms in total. The largest absolute Gasteiger partial charge is 0.298 e. The predicted molar refractivity (Wildman–Crippen MR) is 64.2 cm³/mol. The van der Waals surface area contributed by atoms with E-state index in [-0.39, 0.29) is 0 Å². The maximum atomic E-state index is 10.6. The summed E-state index contributed by atoms with van der Waals surface area (Å²) in [7, 11) is 1.87. The van der Waals surface area contributed by atoms with E-state index in [0.717, 1.165) is 16.1 Å². The second kappa shape index (κ2) is 4.72. The lowest BCUT2D eigenvalue weighted by atomic mass is 10.2. The highest BCUT2D eigenvalue weighted by atomic mass is 35.5. The van der Waals surface area contributed by atoms with Gasteiger partial charge in [-0.3, -0.25) is 9.48 Å². The molecule has 2 rings (SSSR count). The van der Waals surface area contributed by atoms with E-state index in [2.05, 4.69) is 5.10 Å². The van der Waals surface area contributed by atoms with Gasteiger partial charge in [0, 0.05) is 23.7 Å². The van der Waals surface area contributed by atoms with Gasteiger partial charge >= 0.3 is 0 Å². The molecule has 0 aliphatic rings. The molecule has 1 heterocycles. The number of carbonyl (C=O) groups excluding carboxylic acids is 1. The molecule has 0 N–H and O–H groups in total. The van der Waals surface area contributed by atoms with Crippen molar-refractivity contribution in [3.8, 4) is 0 Å². The zero-order valence-corrected chi connectivity index (χ0v) is 10.1. The fraction of sp³-hybridized carbons (Fsp3) is 0.0909. The molecule has 0 aliphatic carbocycles. The van der Waals surface area contributed by atoms with Gasteiger partial charge in [0.15, 0.2) is 6.29 Å². The van der Waals surface area contributed by atoms with Crippen LogP contribution in [-0.2, 0) is 7.05 Å². The SMILES string of the molecule is Cn1cc(Sc2ccc(C=O)c(Cl)c2)cn1. The van der Waals surface area contributed by atoms with Gasteiger partial charge in [0.1, 0.15) is 0 Å². The fourth-order valence-corrected chi connectivity index (χ4v) is 2.43. The summed E-state index contributed by atoms with van der Waals surface area (Å²) in [6, 6.07) is 5.37. The molecule has 0 aliphatic heterocycles. The van der Waals surface area contributed by atoms with E-state index in [1.165, 1.54) is 0 Å². The van der Waals surface area contributed by atoms with Crippen LogP contribution in [0.1, 0.15) is 10.4 Å². The maximum absolute atomic E-state index is 10.6. The standard InChI is InChI=1S/C11H9ClN2OS/c1-14-6-10(5-13-14)16-9-3-2-8(7-15)11(12)4-9/h2-7H,1H3. The molecule has 5 heteroatoms. The molecule has 0 bridgehead atoms. The molecule has 0 unspecified atom stereocenters. The quantitative estimate of drug-likeness (QED) is 0.788. The first-order chi connectivity index (χ1) is 7.69.